The molecule has 90 valence electrons. The van der Waals surface area contributed by atoms with Gasteiger partial charge in [-0.1, -0.05) is 6.07 Å². The van der Waals surface area contributed by atoms with Crippen molar-refractivity contribution in [2.24, 2.45) is 0 Å². The smallest absolute Gasteiger partial charge is 0.0542 e. The van der Waals surface area contributed by atoms with Gasteiger partial charge in [0.25, 0.3) is 0 Å². The highest BCUT2D eigenvalue weighted by atomic mass is 79.9. The second-order valence-corrected chi connectivity index (χ2v) is 5.98. The molecule has 1 N–H and O–H groups in total. The van der Waals surface area contributed by atoms with Gasteiger partial charge in [0, 0.05) is 28.1 Å². The van der Waals surface area contributed by atoms with Crippen LogP contribution in [0, 0.1) is 0 Å². The maximum atomic E-state index is 4.34. The maximum Gasteiger partial charge on any atom is 0.0542 e. The molecule has 17 heavy (non-hydrogen) atoms. The Bertz CT molecular complexity index is 439. The molecule has 1 atom stereocenters. The predicted molar refractivity (Wildman–Crippen MR) is 76.3 cm³/mol. The van der Waals surface area contributed by atoms with Crippen molar-refractivity contribution in [1.82, 2.24) is 10.3 Å². The Morgan fingerprint density at radius 1 is 1.41 bits per heavy atom. The molecule has 0 aromatic carbocycles. The Labute approximate surface area is 114 Å². The fourth-order valence-electron chi connectivity index (χ4n) is 1.59. The molecule has 0 aliphatic rings. The van der Waals surface area contributed by atoms with E-state index in [1.54, 1.807) is 0 Å². The van der Waals surface area contributed by atoms with Crippen LogP contribution in [0.2, 0.25) is 0 Å². The predicted octanol–water partition coefficient (Wildman–Crippen LogP) is 3.63. The van der Waals surface area contributed by atoms with Crippen molar-refractivity contribution in [2.45, 2.75) is 25.9 Å². The van der Waals surface area contributed by atoms with Crippen LogP contribution in [-0.4, -0.2) is 11.0 Å². The lowest BCUT2D eigenvalue weighted by atomic mass is 10.2. The molecule has 0 aliphatic carbocycles. The largest absolute Gasteiger partial charge is 0.308 e. The van der Waals surface area contributed by atoms with Crippen LogP contribution in [0.25, 0.3) is 0 Å². The summed E-state index contributed by atoms with van der Waals surface area (Å²) in [5, 5.41) is 5.61. The molecular formula is C13H15BrN2S. The van der Waals surface area contributed by atoms with E-state index >= 15 is 0 Å². The third-order valence-electron chi connectivity index (χ3n) is 2.51. The molecule has 0 amide bonds. The van der Waals surface area contributed by atoms with Crippen molar-refractivity contribution >= 4 is 27.3 Å². The Balaban J connectivity index is 1.79. The molecule has 4 heteroatoms. The van der Waals surface area contributed by atoms with Gasteiger partial charge in [-0.15, -0.1) is 11.3 Å². The molecule has 0 aliphatic heterocycles. The molecule has 2 aromatic heterocycles. The Hall–Kier alpha value is -0.710. The van der Waals surface area contributed by atoms with Crippen molar-refractivity contribution in [1.29, 1.82) is 0 Å². The lowest BCUT2D eigenvalue weighted by Crippen LogP contribution is -2.27. The van der Waals surface area contributed by atoms with Gasteiger partial charge >= 0.3 is 0 Å². The highest BCUT2D eigenvalue weighted by molar-refractivity contribution is 9.10. The summed E-state index contributed by atoms with van der Waals surface area (Å²) >= 11 is 5.20. The number of halogens is 1. The first kappa shape index (κ1) is 12.7. The summed E-state index contributed by atoms with van der Waals surface area (Å²) in [4.78, 5) is 5.77. The van der Waals surface area contributed by atoms with Crippen LogP contribution in [0.3, 0.4) is 0 Å². The average molecular weight is 311 g/mol. The normalized spacial score (nSPS) is 12.6. The molecule has 0 saturated heterocycles. The van der Waals surface area contributed by atoms with Crippen LogP contribution in [0.1, 0.15) is 17.5 Å². The number of nitrogens with zero attached hydrogens (tertiary/aromatic N) is 1. The lowest BCUT2D eigenvalue weighted by Gasteiger charge is -2.12. The van der Waals surface area contributed by atoms with Gasteiger partial charge in [0.1, 0.15) is 0 Å². The topological polar surface area (TPSA) is 24.9 Å². The molecule has 2 heterocycles. The maximum absolute atomic E-state index is 4.34. The van der Waals surface area contributed by atoms with Gasteiger partial charge in [-0.3, -0.25) is 4.98 Å². The monoisotopic (exact) mass is 310 g/mol. The van der Waals surface area contributed by atoms with Gasteiger partial charge < -0.3 is 5.32 Å². The van der Waals surface area contributed by atoms with Crippen LogP contribution in [0.4, 0.5) is 0 Å². The molecule has 0 fully saturated rings. The van der Waals surface area contributed by atoms with Crippen LogP contribution in [0.15, 0.2) is 40.3 Å². The summed E-state index contributed by atoms with van der Waals surface area (Å²) in [7, 11) is 0. The SMILES string of the molecule is CC(Cc1cccs1)NCc1ccc(Br)cn1. The zero-order chi connectivity index (χ0) is 12.1. The molecule has 0 spiro atoms. The van der Waals surface area contributed by atoms with Gasteiger partial charge in [0.2, 0.25) is 0 Å². The van der Waals surface area contributed by atoms with E-state index in [0.29, 0.717) is 6.04 Å². The summed E-state index contributed by atoms with van der Waals surface area (Å²) in [6.07, 6.45) is 2.91. The number of rotatable bonds is 5. The van der Waals surface area contributed by atoms with Crippen LogP contribution >= 0.6 is 27.3 Å². The van der Waals surface area contributed by atoms with Crippen molar-refractivity contribution < 1.29 is 0 Å². The fraction of sp³-hybridized carbons (Fsp3) is 0.308. The number of hydrogen-bond acceptors (Lipinski definition) is 3. The van der Waals surface area contributed by atoms with Gasteiger partial charge in [0.15, 0.2) is 0 Å². The van der Waals surface area contributed by atoms with Crippen molar-refractivity contribution in [2.75, 3.05) is 0 Å². The summed E-state index contributed by atoms with van der Waals surface area (Å²) < 4.78 is 1.02. The average Bonchev–Trinajstić information content (AvgIpc) is 2.81. The molecule has 2 aromatic rings. The van der Waals surface area contributed by atoms with Gasteiger partial charge in [-0.25, -0.2) is 0 Å². The zero-order valence-corrected chi connectivity index (χ0v) is 12.1. The van der Waals surface area contributed by atoms with E-state index in [1.807, 2.05) is 29.7 Å². The summed E-state index contributed by atoms with van der Waals surface area (Å²) in [6, 6.07) is 8.81. The Morgan fingerprint density at radius 2 is 2.29 bits per heavy atom. The van der Waals surface area contributed by atoms with E-state index in [2.05, 4.69) is 50.7 Å². The summed E-state index contributed by atoms with van der Waals surface area (Å²) in [5.41, 5.74) is 1.08. The minimum atomic E-state index is 0.471. The third-order valence-corrected chi connectivity index (χ3v) is 3.88. The Morgan fingerprint density at radius 3 is 2.94 bits per heavy atom. The van der Waals surface area contributed by atoms with Crippen LogP contribution < -0.4 is 5.32 Å². The Kier molecular flexibility index (Phi) is 4.71. The minimum Gasteiger partial charge on any atom is -0.308 e. The number of thiophene rings is 1. The van der Waals surface area contributed by atoms with E-state index in [1.165, 1.54) is 4.88 Å². The van der Waals surface area contributed by atoms with Crippen LogP contribution in [0.5, 0.6) is 0 Å². The fourth-order valence-corrected chi connectivity index (χ4v) is 2.66. The minimum absolute atomic E-state index is 0.471. The standard InChI is InChI=1S/C13H15BrN2S/c1-10(7-13-3-2-6-17-13)15-9-12-5-4-11(14)8-16-12/h2-6,8,10,15H,7,9H2,1H3. The molecular weight excluding hydrogens is 296 g/mol. The van der Waals surface area contributed by atoms with Gasteiger partial charge in [0.05, 0.1) is 5.69 Å². The number of nitrogens with one attached hydrogen (secondary N) is 1. The highest BCUT2D eigenvalue weighted by Crippen LogP contribution is 2.11. The van der Waals surface area contributed by atoms with E-state index in [0.717, 1.165) is 23.1 Å². The number of aromatic nitrogens is 1. The second-order valence-electron chi connectivity index (χ2n) is 4.03. The molecule has 0 saturated carbocycles. The molecule has 0 bridgehead atoms. The van der Waals surface area contributed by atoms with E-state index < -0.39 is 0 Å². The van der Waals surface area contributed by atoms with Crippen LogP contribution in [-0.2, 0) is 13.0 Å². The molecule has 2 rings (SSSR count). The van der Waals surface area contributed by atoms with E-state index in [-0.39, 0.29) is 0 Å². The van der Waals surface area contributed by atoms with Gasteiger partial charge in [-0.2, -0.15) is 0 Å². The number of pyridine rings is 1. The van der Waals surface area contributed by atoms with E-state index in [9.17, 15) is 0 Å². The van der Waals surface area contributed by atoms with Crippen molar-refractivity contribution in [3.8, 4) is 0 Å². The quantitative estimate of drug-likeness (QED) is 0.912. The molecule has 1 unspecified atom stereocenters. The first-order valence-corrected chi connectivity index (χ1v) is 7.27. The lowest BCUT2D eigenvalue weighted by molar-refractivity contribution is 0.543. The van der Waals surface area contributed by atoms with Crippen molar-refractivity contribution in [3.63, 3.8) is 0 Å². The molecule has 0 radical (unpaired) electrons. The van der Waals surface area contributed by atoms with Crippen molar-refractivity contribution in [3.05, 3.63) is 50.9 Å². The summed E-state index contributed by atoms with van der Waals surface area (Å²) in [6.45, 7) is 3.03. The number of hydrogen-bond donors (Lipinski definition) is 1. The zero-order valence-electron chi connectivity index (χ0n) is 9.69. The first-order chi connectivity index (χ1) is 8.24. The molecule has 2 nitrogen and oxygen atoms in total. The third kappa shape index (κ3) is 4.22. The summed E-state index contributed by atoms with van der Waals surface area (Å²) in [5.74, 6) is 0. The highest BCUT2D eigenvalue weighted by Gasteiger charge is 2.04. The van der Waals surface area contributed by atoms with E-state index in [4.69, 9.17) is 0 Å². The first-order valence-electron chi connectivity index (χ1n) is 5.60. The van der Waals surface area contributed by atoms with Gasteiger partial charge in [-0.05, 0) is 52.9 Å². The second kappa shape index (κ2) is 6.28.